The second-order valence-corrected chi connectivity index (χ2v) is 7.81. The molecule has 4 nitrogen and oxygen atoms in total. The van der Waals surface area contributed by atoms with Crippen LogP contribution in [-0.4, -0.2) is 42.4 Å². The Labute approximate surface area is 148 Å². The average Bonchev–Trinajstić information content (AvgIpc) is 2.59. The van der Waals surface area contributed by atoms with Gasteiger partial charge in [-0.15, -0.1) is 11.8 Å². The van der Waals surface area contributed by atoms with Crippen LogP contribution in [0.25, 0.3) is 0 Å². The SMILES string of the molecule is COC(=O)/C=C/C1(C(=O)OC)SCCSC1c1ccc(Cl)cc1. The maximum absolute atomic E-state index is 12.6. The average molecular weight is 373 g/mol. The molecule has 0 aromatic heterocycles. The van der Waals surface area contributed by atoms with E-state index in [1.807, 2.05) is 12.1 Å². The highest BCUT2D eigenvalue weighted by atomic mass is 35.5. The van der Waals surface area contributed by atoms with Crippen molar-refractivity contribution in [3.05, 3.63) is 47.0 Å². The summed E-state index contributed by atoms with van der Waals surface area (Å²) in [6.45, 7) is 0. The van der Waals surface area contributed by atoms with Crippen molar-refractivity contribution in [1.29, 1.82) is 0 Å². The van der Waals surface area contributed by atoms with Crippen molar-refractivity contribution in [3.63, 3.8) is 0 Å². The molecule has 23 heavy (non-hydrogen) atoms. The lowest BCUT2D eigenvalue weighted by molar-refractivity contribution is -0.142. The Morgan fingerprint density at radius 3 is 2.52 bits per heavy atom. The fourth-order valence-corrected chi connectivity index (χ4v) is 5.60. The first kappa shape index (κ1) is 18.2. The molecule has 0 N–H and O–H groups in total. The minimum atomic E-state index is -0.973. The molecule has 7 heteroatoms. The number of hydrogen-bond acceptors (Lipinski definition) is 6. The predicted molar refractivity (Wildman–Crippen MR) is 95.0 cm³/mol. The number of thioether (sulfide) groups is 2. The Morgan fingerprint density at radius 1 is 1.22 bits per heavy atom. The van der Waals surface area contributed by atoms with Gasteiger partial charge in [0.25, 0.3) is 0 Å². The summed E-state index contributed by atoms with van der Waals surface area (Å²) in [5.41, 5.74) is 0.964. The molecule has 2 atom stereocenters. The molecule has 0 radical (unpaired) electrons. The van der Waals surface area contributed by atoms with Gasteiger partial charge in [0, 0.05) is 22.6 Å². The molecule has 124 valence electrons. The molecule has 0 aliphatic carbocycles. The molecule has 1 aromatic carbocycles. The fraction of sp³-hybridized carbons (Fsp3) is 0.375. The maximum atomic E-state index is 12.6. The molecule has 0 amide bonds. The Kier molecular flexibility index (Phi) is 6.44. The number of rotatable bonds is 4. The third kappa shape index (κ3) is 4.05. The van der Waals surface area contributed by atoms with Crippen LogP contribution in [0, 0.1) is 0 Å². The smallest absolute Gasteiger partial charge is 0.330 e. The number of methoxy groups -OCH3 is 2. The van der Waals surface area contributed by atoms with Crippen LogP contribution < -0.4 is 0 Å². The molecule has 1 aliphatic rings. The van der Waals surface area contributed by atoms with Crippen molar-refractivity contribution in [2.75, 3.05) is 25.7 Å². The summed E-state index contributed by atoms with van der Waals surface area (Å²) < 4.78 is 8.70. The molecule has 1 aromatic rings. The zero-order valence-electron chi connectivity index (χ0n) is 12.8. The molecule has 1 heterocycles. The van der Waals surface area contributed by atoms with Gasteiger partial charge < -0.3 is 9.47 Å². The number of esters is 2. The molecule has 1 aliphatic heterocycles. The lowest BCUT2D eigenvalue weighted by Crippen LogP contribution is -2.42. The zero-order valence-corrected chi connectivity index (χ0v) is 15.2. The summed E-state index contributed by atoms with van der Waals surface area (Å²) in [6, 6.07) is 7.39. The summed E-state index contributed by atoms with van der Waals surface area (Å²) in [6.07, 6.45) is 2.89. The summed E-state index contributed by atoms with van der Waals surface area (Å²) in [5, 5.41) is 0.461. The van der Waals surface area contributed by atoms with E-state index in [4.69, 9.17) is 16.3 Å². The molecular formula is C16H17ClO4S2. The van der Waals surface area contributed by atoms with E-state index in [1.54, 1.807) is 30.0 Å². The van der Waals surface area contributed by atoms with Crippen LogP contribution in [-0.2, 0) is 19.1 Å². The van der Waals surface area contributed by atoms with E-state index in [0.717, 1.165) is 17.1 Å². The highest BCUT2D eigenvalue weighted by Gasteiger charge is 2.48. The largest absolute Gasteiger partial charge is 0.468 e. The van der Waals surface area contributed by atoms with E-state index in [-0.39, 0.29) is 11.2 Å². The van der Waals surface area contributed by atoms with Gasteiger partial charge in [-0.1, -0.05) is 23.7 Å². The Morgan fingerprint density at radius 2 is 1.91 bits per heavy atom. The Balaban J connectivity index is 2.46. The minimum Gasteiger partial charge on any atom is -0.468 e. The number of ether oxygens (including phenoxy) is 2. The van der Waals surface area contributed by atoms with Crippen molar-refractivity contribution in [2.24, 2.45) is 0 Å². The van der Waals surface area contributed by atoms with Gasteiger partial charge in [0.05, 0.1) is 19.5 Å². The van der Waals surface area contributed by atoms with Crippen molar-refractivity contribution < 1.29 is 19.1 Å². The van der Waals surface area contributed by atoms with Crippen molar-refractivity contribution in [3.8, 4) is 0 Å². The van der Waals surface area contributed by atoms with Gasteiger partial charge in [-0.25, -0.2) is 4.79 Å². The van der Waals surface area contributed by atoms with Crippen molar-refractivity contribution in [1.82, 2.24) is 0 Å². The van der Waals surface area contributed by atoms with E-state index in [2.05, 4.69) is 4.74 Å². The van der Waals surface area contributed by atoms with Crippen LogP contribution in [0.1, 0.15) is 10.8 Å². The van der Waals surface area contributed by atoms with E-state index in [0.29, 0.717) is 5.02 Å². The highest BCUT2D eigenvalue weighted by molar-refractivity contribution is 8.08. The van der Waals surface area contributed by atoms with Gasteiger partial charge in [-0.2, -0.15) is 11.8 Å². The lowest BCUT2D eigenvalue weighted by atomic mass is 9.96. The predicted octanol–water partition coefficient (Wildman–Crippen LogP) is 3.50. The van der Waals surface area contributed by atoms with Crippen LogP contribution in [0.3, 0.4) is 0 Å². The zero-order chi connectivity index (χ0) is 16.9. The third-order valence-corrected chi connectivity index (χ3v) is 6.94. The van der Waals surface area contributed by atoms with Gasteiger partial charge in [0.15, 0.2) is 0 Å². The van der Waals surface area contributed by atoms with Crippen LogP contribution in [0.2, 0.25) is 5.02 Å². The Hall–Kier alpha value is -1.11. The van der Waals surface area contributed by atoms with E-state index in [1.165, 1.54) is 32.1 Å². The summed E-state index contributed by atoms with van der Waals surface area (Å²) in [5.74, 6) is 0.812. The monoisotopic (exact) mass is 372 g/mol. The topological polar surface area (TPSA) is 52.6 Å². The first-order chi connectivity index (χ1) is 11.0. The second kappa shape index (κ2) is 8.13. The van der Waals surface area contributed by atoms with Gasteiger partial charge in [0.2, 0.25) is 0 Å². The number of halogens is 1. The molecule has 0 spiro atoms. The van der Waals surface area contributed by atoms with Crippen LogP contribution in [0.5, 0.6) is 0 Å². The quantitative estimate of drug-likeness (QED) is 0.595. The van der Waals surface area contributed by atoms with Gasteiger partial charge in [0.1, 0.15) is 4.75 Å². The standard InChI is InChI=1S/C16H17ClO4S2/c1-20-13(18)7-8-16(15(19)21-2)14(22-9-10-23-16)11-3-5-12(17)6-4-11/h3-8,14H,9-10H2,1-2H3/b8-7+. The Bertz CT molecular complexity index is 603. The second-order valence-electron chi connectivity index (χ2n) is 4.79. The van der Waals surface area contributed by atoms with Crippen molar-refractivity contribution >= 4 is 47.1 Å². The molecule has 2 unspecified atom stereocenters. The van der Waals surface area contributed by atoms with Gasteiger partial charge >= 0.3 is 11.9 Å². The highest BCUT2D eigenvalue weighted by Crippen LogP contribution is 2.52. The third-order valence-electron chi connectivity index (χ3n) is 3.44. The minimum absolute atomic E-state index is 0.174. The normalized spacial score (nSPS) is 24.4. The van der Waals surface area contributed by atoms with Crippen LogP contribution in [0.15, 0.2) is 36.4 Å². The number of benzene rings is 1. The van der Waals surface area contributed by atoms with Gasteiger partial charge in [-0.05, 0) is 23.8 Å². The summed E-state index contributed by atoms with van der Waals surface area (Å²) in [7, 11) is 2.66. The lowest BCUT2D eigenvalue weighted by Gasteiger charge is -2.38. The van der Waals surface area contributed by atoms with Crippen LogP contribution >= 0.6 is 35.1 Å². The van der Waals surface area contributed by atoms with Crippen molar-refractivity contribution in [2.45, 2.75) is 10.00 Å². The maximum Gasteiger partial charge on any atom is 0.330 e. The molecular weight excluding hydrogens is 356 g/mol. The number of hydrogen-bond donors (Lipinski definition) is 0. The molecule has 1 fully saturated rings. The van der Waals surface area contributed by atoms with E-state index in [9.17, 15) is 9.59 Å². The first-order valence-electron chi connectivity index (χ1n) is 6.90. The summed E-state index contributed by atoms with van der Waals surface area (Å²) in [4.78, 5) is 24.1. The van der Waals surface area contributed by atoms with Gasteiger partial charge in [-0.3, -0.25) is 4.79 Å². The summed E-state index contributed by atoms with van der Waals surface area (Å²) >= 11 is 9.10. The fourth-order valence-electron chi connectivity index (χ4n) is 2.35. The molecule has 2 rings (SSSR count). The molecule has 1 saturated heterocycles. The van der Waals surface area contributed by atoms with E-state index >= 15 is 0 Å². The first-order valence-corrected chi connectivity index (χ1v) is 9.31. The van der Waals surface area contributed by atoms with Crippen LogP contribution in [0.4, 0.5) is 0 Å². The molecule has 0 bridgehead atoms. The molecule has 0 saturated carbocycles. The number of carbonyl (C=O) groups is 2. The number of carbonyl (C=O) groups excluding carboxylic acids is 2. The van der Waals surface area contributed by atoms with E-state index < -0.39 is 10.7 Å².